The molecule has 1 aromatic heterocycles. The summed E-state index contributed by atoms with van der Waals surface area (Å²) < 4.78 is 7.72. The van der Waals surface area contributed by atoms with Crippen LogP contribution in [0.15, 0.2) is 132 Å². The van der Waals surface area contributed by atoms with Crippen LogP contribution in [-0.4, -0.2) is 35.2 Å². The normalized spacial score (nSPS) is 11.3. The van der Waals surface area contributed by atoms with Gasteiger partial charge in [-0.2, -0.15) is 0 Å². The number of hydrogen-bond donors (Lipinski definition) is 3. The molecule has 1 heterocycles. The molecule has 6 aromatic rings. The Labute approximate surface area is 282 Å². The van der Waals surface area contributed by atoms with Crippen LogP contribution in [-0.2, 0) is 16.1 Å². The molecule has 0 aliphatic carbocycles. The summed E-state index contributed by atoms with van der Waals surface area (Å²) in [5.41, 5.74) is 4.64. The first kappa shape index (κ1) is 32.2. The molecule has 0 fully saturated rings. The van der Waals surface area contributed by atoms with E-state index in [4.69, 9.17) is 4.74 Å². The van der Waals surface area contributed by atoms with Gasteiger partial charge in [-0.3, -0.25) is 14.4 Å². The zero-order chi connectivity index (χ0) is 33.5. The van der Waals surface area contributed by atoms with Crippen LogP contribution < -0.4 is 20.7 Å². The molecule has 5 aromatic carbocycles. The van der Waals surface area contributed by atoms with Crippen molar-refractivity contribution in [2.45, 2.75) is 18.4 Å². The predicted octanol–water partition coefficient (Wildman–Crippen LogP) is 7.96. The van der Waals surface area contributed by atoms with Gasteiger partial charge in [0.1, 0.15) is 11.4 Å². The van der Waals surface area contributed by atoms with E-state index in [0.29, 0.717) is 22.6 Å². The smallest absolute Gasteiger partial charge is 0.272 e. The Kier molecular flexibility index (Phi) is 9.88. The molecule has 6 rings (SSSR count). The molecule has 0 aliphatic heterocycles. The van der Waals surface area contributed by atoms with E-state index >= 15 is 0 Å². The van der Waals surface area contributed by atoms with Gasteiger partial charge in [-0.1, -0.05) is 60.7 Å². The lowest BCUT2D eigenvalue weighted by atomic mass is 10.1. The van der Waals surface area contributed by atoms with E-state index in [9.17, 15) is 14.4 Å². The summed E-state index contributed by atoms with van der Waals surface area (Å²) in [5, 5.41) is 10.9. The molecule has 0 saturated carbocycles. The fraction of sp³-hybridized carbons (Fsp3) is 0.103. The number of aryl methyl sites for hydroxylation is 1. The molecule has 3 amide bonds. The maximum Gasteiger partial charge on any atom is 0.272 e. The molecule has 0 bridgehead atoms. The van der Waals surface area contributed by atoms with Gasteiger partial charge in [-0.15, -0.1) is 11.8 Å². The van der Waals surface area contributed by atoms with Gasteiger partial charge in [-0.05, 0) is 73.7 Å². The van der Waals surface area contributed by atoms with Crippen LogP contribution in [0.1, 0.15) is 22.8 Å². The first-order valence-corrected chi connectivity index (χ1v) is 16.5. The highest BCUT2D eigenvalue weighted by molar-refractivity contribution is 8.00. The highest BCUT2D eigenvalue weighted by Crippen LogP contribution is 2.31. The number of para-hydroxylation sites is 2. The molecule has 240 valence electrons. The lowest BCUT2D eigenvalue weighted by Crippen LogP contribution is -2.30. The molecule has 0 spiro atoms. The Morgan fingerprint density at radius 3 is 2.29 bits per heavy atom. The number of fused-ring (bicyclic) bond motifs is 3. The van der Waals surface area contributed by atoms with Crippen LogP contribution in [0.2, 0.25) is 0 Å². The van der Waals surface area contributed by atoms with Crippen molar-refractivity contribution in [3.63, 3.8) is 0 Å². The minimum Gasteiger partial charge on any atom is -0.496 e. The number of anilines is 2. The zero-order valence-electron chi connectivity index (χ0n) is 26.5. The second kappa shape index (κ2) is 14.7. The maximum absolute atomic E-state index is 13.6. The van der Waals surface area contributed by atoms with Crippen LogP contribution in [0.25, 0.3) is 27.9 Å². The zero-order valence-corrected chi connectivity index (χ0v) is 27.3. The number of carbonyl (C=O) groups is 3. The van der Waals surface area contributed by atoms with E-state index < -0.39 is 11.8 Å². The van der Waals surface area contributed by atoms with E-state index in [1.807, 2.05) is 54.6 Å². The first-order valence-electron chi connectivity index (χ1n) is 15.5. The van der Waals surface area contributed by atoms with Gasteiger partial charge in [0.2, 0.25) is 5.91 Å². The molecule has 8 nitrogen and oxygen atoms in total. The number of aromatic nitrogens is 1. The van der Waals surface area contributed by atoms with Gasteiger partial charge in [-0.25, -0.2) is 0 Å². The van der Waals surface area contributed by atoms with E-state index in [2.05, 4.69) is 39.6 Å². The number of amides is 3. The Morgan fingerprint density at radius 2 is 1.48 bits per heavy atom. The minimum absolute atomic E-state index is 0.0461. The number of hydrogen-bond acceptors (Lipinski definition) is 5. The molecular weight excluding hydrogens is 621 g/mol. The number of rotatable bonds is 11. The van der Waals surface area contributed by atoms with Gasteiger partial charge in [0.15, 0.2) is 0 Å². The fourth-order valence-corrected chi connectivity index (χ4v) is 6.32. The number of benzene rings is 5. The van der Waals surface area contributed by atoms with Crippen molar-refractivity contribution in [3.05, 3.63) is 138 Å². The first-order chi connectivity index (χ1) is 23.4. The predicted molar refractivity (Wildman–Crippen MR) is 194 cm³/mol. The summed E-state index contributed by atoms with van der Waals surface area (Å²) in [6, 6.07) is 37.4. The monoisotopic (exact) mass is 654 g/mol. The number of thioether (sulfide) groups is 1. The molecule has 0 unspecified atom stereocenters. The van der Waals surface area contributed by atoms with Gasteiger partial charge in [0, 0.05) is 55.7 Å². The third kappa shape index (κ3) is 7.27. The van der Waals surface area contributed by atoms with Gasteiger partial charge in [0.25, 0.3) is 11.8 Å². The van der Waals surface area contributed by atoms with Crippen molar-refractivity contribution < 1.29 is 19.1 Å². The summed E-state index contributed by atoms with van der Waals surface area (Å²) in [5.74, 6) is -0.333. The van der Waals surface area contributed by atoms with Crippen molar-refractivity contribution >= 4 is 68.7 Å². The topological polar surface area (TPSA) is 101 Å². The van der Waals surface area contributed by atoms with E-state index in [0.717, 1.165) is 33.4 Å². The maximum atomic E-state index is 13.6. The highest BCUT2D eigenvalue weighted by Gasteiger charge is 2.17. The number of nitrogens with one attached hydrogen (secondary N) is 3. The summed E-state index contributed by atoms with van der Waals surface area (Å²) in [6.07, 6.45) is 1.58. The highest BCUT2D eigenvalue weighted by atomic mass is 32.2. The summed E-state index contributed by atoms with van der Waals surface area (Å²) in [7, 11) is 1.54. The van der Waals surface area contributed by atoms with Crippen LogP contribution in [0, 0.1) is 0 Å². The average molecular weight is 655 g/mol. The second-order valence-electron chi connectivity index (χ2n) is 10.9. The molecule has 0 radical (unpaired) electrons. The molecule has 3 N–H and O–H groups in total. The van der Waals surface area contributed by atoms with Crippen molar-refractivity contribution in [2.75, 3.05) is 23.5 Å². The fourth-order valence-electron chi connectivity index (χ4n) is 5.56. The van der Waals surface area contributed by atoms with Crippen LogP contribution in [0.5, 0.6) is 5.75 Å². The molecule has 0 aliphatic rings. The number of ether oxygens (including phenoxy) is 1. The quantitative estimate of drug-likeness (QED) is 0.0972. The van der Waals surface area contributed by atoms with E-state index in [-0.39, 0.29) is 17.4 Å². The van der Waals surface area contributed by atoms with Crippen molar-refractivity contribution in [1.29, 1.82) is 0 Å². The largest absolute Gasteiger partial charge is 0.496 e. The molecule has 9 heteroatoms. The van der Waals surface area contributed by atoms with Crippen LogP contribution >= 0.6 is 11.8 Å². The van der Waals surface area contributed by atoms with Crippen LogP contribution in [0.3, 0.4) is 0 Å². The third-order valence-electron chi connectivity index (χ3n) is 7.80. The molecule has 0 saturated heterocycles. The van der Waals surface area contributed by atoms with E-state index in [1.165, 1.54) is 17.3 Å². The lowest BCUT2D eigenvalue weighted by Gasteiger charge is -2.13. The Balaban J connectivity index is 1.14. The number of carbonyl (C=O) groups excluding carboxylic acids is 3. The van der Waals surface area contributed by atoms with Gasteiger partial charge < -0.3 is 25.3 Å². The van der Waals surface area contributed by atoms with Crippen molar-refractivity contribution in [2.24, 2.45) is 0 Å². The Hall–Kier alpha value is -5.80. The molecule has 48 heavy (non-hydrogen) atoms. The number of nitrogens with zero attached hydrogens (tertiary/aromatic N) is 1. The lowest BCUT2D eigenvalue weighted by molar-refractivity contribution is -0.114. The van der Waals surface area contributed by atoms with E-state index in [1.54, 1.807) is 67.8 Å². The van der Waals surface area contributed by atoms with Crippen molar-refractivity contribution in [1.82, 2.24) is 9.88 Å². The van der Waals surface area contributed by atoms with Crippen LogP contribution in [0.4, 0.5) is 11.4 Å². The molecular formula is C39H34N4O4S. The summed E-state index contributed by atoms with van der Waals surface area (Å²) in [6.45, 7) is 2.98. The second-order valence-corrected chi connectivity index (χ2v) is 12.0. The Morgan fingerprint density at radius 1 is 0.750 bits per heavy atom. The standard InChI is InChI=1S/C39H34N4O4S/c1-3-43-34-18-9-8-17-31(34)32-24-29(20-21-35(32)43)40-37(44)25-48-30-16-11-15-28(23-30)41-39(46)33(22-27-14-7-10-19-36(27)47-2)42-38(45)26-12-5-4-6-13-26/h4-24H,3,25H2,1-2H3,(H,40,44)(H,41,46)(H,42,45)/b33-22+. The summed E-state index contributed by atoms with van der Waals surface area (Å²) in [4.78, 5) is 40.4. The average Bonchev–Trinajstić information content (AvgIpc) is 3.44. The minimum atomic E-state index is -0.509. The molecule has 0 atom stereocenters. The van der Waals surface area contributed by atoms with Gasteiger partial charge in [0.05, 0.1) is 12.9 Å². The summed E-state index contributed by atoms with van der Waals surface area (Å²) >= 11 is 1.36. The SMILES string of the molecule is CCn1c2ccccc2c2cc(NC(=O)CSc3cccc(NC(=O)/C(=C\c4ccccc4OC)NC(=O)c4ccccc4)c3)ccc21. The van der Waals surface area contributed by atoms with Gasteiger partial charge >= 0.3 is 0 Å². The Bertz CT molecular complexity index is 2160. The number of methoxy groups -OCH3 is 1. The van der Waals surface area contributed by atoms with Crippen molar-refractivity contribution in [3.8, 4) is 5.75 Å². The third-order valence-corrected chi connectivity index (χ3v) is 8.80.